The molecule has 0 fully saturated rings. The van der Waals surface area contributed by atoms with Gasteiger partial charge in [-0.25, -0.2) is 9.37 Å². The Hall–Kier alpha value is -3.80. The van der Waals surface area contributed by atoms with Crippen LogP contribution in [0, 0.1) is 5.82 Å². The van der Waals surface area contributed by atoms with E-state index >= 15 is 0 Å². The van der Waals surface area contributed by atoms with Crippen LogP contribution in [0.15, 0.2) is 85.2 Å². The monoisotopic (exact) mass is 371 g/mol. The first kappa shape index (κ1) is 17.6. The van der Waals surface area contributed by atoms with Crippen LogP contribution in [0.25, 0.3) is 11.3 Å². The van der Waals surface area contributed by atoms with Gasteiger partial charge in [-0.3, -0.25) is 4.98 Å². The summed E-state index contributed by atoms with van der Waals surface area (Å²) in [6, 6.07) is 21.8. The second-order valence-corrected chi connectivity index (χ2v) is 6.18. The van der Waals surface area contributed by atoms with Crippen LogP contribution < -0.4 is 10.6 Å². The molecule has 0 atom stereocenters. The summed E-state index contributed by atoms with van der Waals surface area (Å²) in [5.74, 6) is 0.733. The van der Waals surface area contributed by atoms with E-state index in [0.29, 0.717) is 24.0 Å². The zero-order valence-electron chi connectivity index (χ0n) is 15.0. The maximum atomic E-state index is 13.5. The van der Waals surface area contributed by atoms with Crippen molar-refractivity contribution in [3.8, 4) is 11.3 Å². The number of hydrogen-bond donors (Lipinski definition) is 2. The molecule has 4 aromatic rings. The molecule has 6 heteroatoms. The lowest BCUT2D eigenvalue weighted by molar-refractivity contribution is 0.628. The lowest BCUT2D eigenvalue weighted by Crippen LogP contribution is -2.06. The van der Waals surface area contributed by atoms with Crippen LogP contribution in [0.2, 0.25) is 0 Å². The second-order valence-electron chi connectivity index (χ2n) is 6.18. The molecule has 5 nitrogen and oxygen atoms in total. The number of rotatable bonds is 6. The predicted octanol–water partition coefficient (Wildman–Crippen LogP) is 5.03. The maximum Gasteiger partial charge on any atom is 0.229 e. The molecule has 0 aliphatic heterocycles. The van der Waals surface area contributed by atoms with E-state index in [1.807, 2.05) is 48.5 Å². The fourth-order valence-corrected chi connectivity index (χ4v) is 2.74. The maximum absolute atomic E-state index is 13.5. The Morgan fingerprint density at radius 2 is 1.75 bits per heavy atom. The Morgan fingerprint density at radius 1 is 0.857 bits per heavy atom. The highest BCUT2D eigenvalue weighted by Gasteiger charge is 2.08. The van der Waals surface area contributed by atoms with E-state index in [-0.39, 0.29) is 5.82 Å². The van der Waals surface area contributed by atoms with Gasteiger partial charge < -0.3 is 10.6 Å². The summed E-state index contributed by atoms with van der Waals surface area (Å²) in [5.41, 5.74) is 3.37. The minimum Gasteiger partial charge on any atom is -0.366 e. The van der Waals surface area contributed by atoms with Gasteiger partial charge in [0, 0.05) is 36.3 Å². The molecule has 0 amide bonds. The van der Waals surface area contributed by atoms with Gasteiger partial charge in [-0.05, 0) is 29.8 Å². The second kappa shape index (κ2) is 8.26. The van der Waals surface area contributed by atoms with Crippen molar-refractivity contribution in [2.45, 2.75) is 6.54 Å². The largest absolute Gasteiger partial charge is 0.366 e. The van der Waals surface area contributed by atoms with Crippen molar-refractivity contribution < 1.29 is 4.39 Å². The van der Waals surface area contributed by atoms with Crippen molar-refractivity contribution in [1.82, 2.24) is 15.0 Å². The molecule has 28 heavy (non-hydrogen) atoms. The van der Waals surface area contributed by atoms with Crippen LogP contribution in [0.3, 0.4) is 0 Å². The quantitative estimate of drug-likeness (QED) is 0.497. The van der Waals surface area contributed by atoms with E-state index in [1.54, 1.807) is 24.5 Å². The summed E-state index contributed by atoms with van der Waals surface area (Å²) < 4.78 is 13.5. The topological polar surface area (TPSA) is 62.7 Å². The summed E-state index contributed by atoms with van der Waals surface area (Å²) in [4.78, 5) is 13.2. The third-order valence-corrected chi connectivity index (χ3v) is 4.07. The van der Waals surface area contributed by atoms with E-state index in [4.69, 9.17) is 0 Å². The molecule has 0 saturated carbocycles. The van der Waals surface area contributed by atoms with Crippen molar-refractivity contribution >= 4 is 17.5 Å². The Morgan fingerprint density at radius 3 is 2.54 bits per heavy atom. The van der Waals surface area contributed by atoms with Gasteiger partial charge in [0.15, 0.2) is 0 Å². The van der Waals surface area contributed by atoms with Gasteiger partial charge in [-0.1, -0.05) is 42.5 Å². The van der Waals surface area contributed by atoms with E-state index in [1.165, 1.54) is 12.1 Å². The first-order valence-corrected chi connectivity index (χ1v) is 8.86. The highest BCUT2D eigenvalue weighted by Crippen LogP contribution is 2.23. The van der Waals surface area contributed by atoms with Crippen LogP contribution in [-0.4, -0.2) is 15.0 Å². The van der Waals surface area contributed by atoms with E-state index in [2.05, 4.69) is 25.6 Å². The molecule has 0 spiro atoms. The average Bonchev–Trinajstić information content (AvgIpc) is 2.74. The first-order valence-electron chi connectivity index (χ1n) is 8.86. The number of benzene rings is 2. The number of pyridine rings is 1. The fraction of sp³-hybridized carbons (Fsp3) is 0.0455. The summed E-state index contributed by atoms with van der Waals surface area (Å²) in [6.45, 7) is 0.582. The fourth-order valence-electron chi connectivity index (χ4n) is 2.74. The summed E-state index contributed by atoms with van der Waals surface area (Å²) in [5, 5.41) is 6.38. The van der Waals surface area contributed by atoms with Crippen molar-refractivity contribution in [3.63, 3.8) is 0 Å². The van der Waals surface area contributed by atoms with Crippen molar-refractivity contribution in [2.75, 3.05) is 10.6 Å². The lowest BCUT2D eigenvalue weighted by Gasteiger charge is -2.12. The molecule has 0 aliphatic carbocycles. The van der Waals surface area contributed by atoms with Gasteiger partial charge in [-0.2, -0.15) is 4.98 Å². The molecule has 0 radical (unpaired) electrons. The number of nitrogens with one attached hydrogen (secondary N) is 2. The van der Waals surface area contributed by atoms with E-state index in [0.717, 1.165) is 16.8 Å². The van der Waals surface area contributed by atoms with Crippen molar-refractivity contribution in [3.05, 3.63) is 96.6 Å². The Bertz CT molecular complexity index is 1050. The first-order chi connectivity index (χ1) is 13.8. The number of hydrogen-bond acceptors (Lipinski definition) is 5. The molecule has 2 aromatic heterocycles. The molecular weight excluding hydrogens is 353 g/mol. The minimum absolute atomic E-state index is 0.320. The standard InChI is InChI=1S/C22H18FN5/c23-18-9-4-10-19(12-18)26-22-27-20(17-7-2-1-3-8-17)13-21(28-22)25-15-16-6-5-11-24-14-16/h1-14H,15H2,(H2,25,26,27,28). The van der Waals surface area contributed by atoms with Gasteiger partial charge in [0.1, 0.15) is 11.6 Å². The molecule has 2 heterocycles. The number of anilines is 3. The van der Waals surface area contributed by atoms with Crippen molar-refractivity contribution in [1.29, 1.82) is 0 Å². The van der Waals surface area contributed by atoms with Gasteiger partial charge in [0.2, 0.25) is 5.95 Å². The normalized spacial score (nSPS) is 10.5. The van der Waals surface area contributed by atoms with Gasteiger partial charge in [0.05, 0.1) is 5.69 Å². The zero-order valence-corrected chi connectivity index (χ0v) is 15.0. The number of halogens is 1. The molecule has 0 bridgehead atoms. The number of nitrogens with zero attached hydrogens (tertiary/aromatic N) is 3. The molecule has 2 N–H and O–H groups in total. The average molecular weight is 371 g/mol. The van der Waals surface area contributed by atoms with Crippen LogP contribution in [0.4, 0.5) is 21.8 Å². The molecule has 0 saturated heterocycles. The molecule has 0 unspecified atom stereocenters. The highest BCUT2D eigenvalue weighted by atomic mass is 19.1. The molecule has 0 aliphatic rings. The van der Waals surface area contributed by atoms with Crippen LogP contribution in [0.1, 0.15) is 5.56 Å². The predicted molar refractivity (Wildman–Crippen MR) is 109 cm³/mol. The van der Waals surface area contributed by atoms with Gasteiger partial charge in [0.25, 0.3) is 0 Å². The van der Waals surface area contributed by atoms with Crippen LogP contribution in [-0.2, 0) is 6.54 Å². The lowest BCUT2D eigenvalue weighted by atomic mass is 10.1. The molecule has 4 rings (SSSR count). The summed E-state index contributed by atoms with van der Waals surface area (Å²) in [7, 11) is 0. The molecule has 138 valence electrons. The third kappa shape index (κ3) is 4.48. The SMILES string of the molecule is Fc1cccc(Nc2nc(NCc3cccnc3)cc(-c3ccccc3)n2)c1. The van der Waals surface area contributed by atoms with Gasteiger partial charge >= 0.3 is 0 Å². The van der Waals surface area contributed by atoms with Gasteiger partial charge in [-0.15, -0.1) is 0 Å². The van der Waals surface area contributed by atoms with Crippen LogP contribution in [0.5, 0.6) is 0 Å². The Balaban J connectivity index is 1.64. The smallest absolute Gasteiger partial charge is 0.229 e. The van der Waals surface area contributed by atoms with Crippen LogP contribution >= 0.6 is 0 Å². The number of aromatic nitrogens is 3. The Labute approximate surface area is 162 Å². The Kier molecular flexibility index (Phi) is 5.20. The van der Waals surface area contributed by atoms with E-state index in [9.17, 15) is 4.39 Å². The highest BCUT2D eigenvalue weighted by molar-refractivity contribution is 5.66. The minimum atomic E-state index is -0.320. The summed E-state index contributed by atoms with van der Waals surface area (Å²) >= 11 is 0. The molecule has 2 aromatic carbocycles. The molecular formula is C22H18FN5. The van der Waals surface area contributed by atoms with Crippen molar-refractivity contribution in [2.24, 2.45) is 0 Å². The van der Waals surface area contributed by atoms with E-state index < -0.39 is 0 Å². The summed E-state index contributed by atoms with van der Waals surface area (Å²) in [6.07, 6.45) is 3.54. The zero-order chi connectivity index (χ0) is 19.2. The third-order valence-electron chi connectivity index (χ3n) is 4.07.